The summed E-state index contributed by atoms with van der Waals surface area (Å²) in [5, 5.41) is 0. The quantitative estimate of drug-likeness (QED) is 0.148. The minimum Gasteiger partial charge on any atom is -0.489 e. The number of benzene rings is 4. The minimum absolute atomic E-state index is 0.134. The summed E-state index contributed by atoms with van der Waals surface area (Å²) in [5.41, 5.74) is 3.74. The summed E-state index contributed by atoms with van der Waals surface area (Å²) in [6, 6.07) is 35.3. The van der Waals surface area contributed by atoms with Gasteiger partial charge >= 0.3 is 5.97 Å². The Morgan fingerprint density at radius 1 is 0.795 bits per heavy atom. The van der Waals surface area contributed by atoms with Crippen molar-refractivity contribution >= 4 is 18.1 Å². The van der Waals surface area contributed by atoms with E-state index in [1.165, 1.54) is 4.90 Å². The number of carbonyl (C=O) groups excluding carboxylic acids is 2. The van der Waals surface area contributed by atoms with E-state index in [0.29, 0.717) is 30.9 Å². The fourth-order valence-corrected chi connectivity index (χ4v) is 4.41. The molecule has 6 nitrogen and oxygen atoms in total. The number of amides is 1. The maximum atomic E-state index is 13.3. The Bertz CT molecular complexity index is 1390. The molecule has 0 bridgehead atoms. The Balaban J connectivity index is 1.26. The molecule has 39 heavy (non-hydrogen) atoms. The highest BCUT2D eigenvalue weighted by molar-refractivity contribution is 5.94. The number of aliphatic imine (C=N–C) groups is 1. The number of nitrogens with zero attached hydrogens (tertiary/aromatic N) is 2. The van der Waals surface area contributed by atoms with Crippen LogP contribution >= 0.6 is 0 Å². The van der Waals surface area contributed by atoms with Gasteiger partial charge in [0.05, 0.1) is 6.54 Å². The first-order chi connectivity index (χ1) is 19.2. The standard InChI is InChI=1S/C33H30N2O4/c36-32-30(34-21-20-25-10-4-1-5-11-25)22-35(32)31(33(37)39-24-27-14-8-3-9-15-27)28-16-18-29(19-17-28)38-23-26-12-6-2-7-13-26/h1-19,21,30-31H,20,22-24H2/t30-,31?/m1/s1. The van der Waals surface area contributed by atoms with Crippen molar-refractivity contribution in [2.45, 2.75) is 31.7 Å². The Kier molecular flexibility index (Phi) is 8.44. The zero-order chi connectivity index (χ0) is 26.9. The number of hydrogen-bond donors (Lipinski definition) is 0. The van der Waals surface area contributed by atoms with Gasteiger partial charge in [-0.2, -0.15) is 0 Å². The van der Waals surface area contributed by atoms with Crippen molar-refractivity contribution in [2.75, 3.05) is 6.54 Å². The number of β-lactam (4-membered cyclic amide) rings is 1. The highest BCUT2D eigenvalue weighted by Crippen LogP contribution is 2.31. The van der Waals surface area contributed by atoms with Gasteiger partial charge in [-0.3, -0.25) is 9.79 Å². The minimum atomic E-state index is -0.857. The average Bonchev–Trinajstić information content (AvgIpc) is 3.00. The van der Waals surface area contributed by atoms with Gasteiger partial charge in [-0.15, -0.1) is 0 Å². The Morgan fingerprint density at radius 3 is 1.95 bits per heavy atom. The normalized spacial score (nSPS) is 15.5. The summed E-state index contributed by atoms with van der Waals surface area (Å²) in [6.45, 7) is 0.923. The molecule has 0 aromatic heterocycles. The molecule has 0 spiro atoms. The fraction of sp³-hybridized carbons (Fsp3) is 0.182. The number of likely N-dealkylation sites (tertiary alicyclic amines) is 1. The van der Waals surface area contributed by atoms with Crippen LogP contribution in [-0.2, 0) is 34.0 Å². The molecule has 1 saturated heterocycles. The Hall–Kier alpha value is -4.71. The molecule has 1 amide bonds. The lowest BCUT2D eigenvalue weighted by atomic mass is 9.98. The van der Waals surface area contributed by atoms with Crippen LogP contribution in [-0.4, -0.2) is 35.6 Å². The molecule has 0 saturated carbocycles. The third-order valence-electron chi connectivity index (χ3n) is 6.60. The number of esters is 1. The second-order valence-corrected chi connectivity index (χ2v) is 9.37. The first-order valence-electron chi connectivity index (χ1n) is 13.0. The van der Waals surface area contributed by atoms with Crippen LogP contribution in [0.4, 0.5) is 0 Å². The molecule has 5 rings (SSSR count). The molecule has 196 valence electrons. The van der Waals surface area contributed by atoms with Gasteiger partial charge in [0.1, 0.15) is 25.0 Å². The van der Waals surface area contributed by atoms with Crippen LogP contribution in [0.1, 0.15) is 28.3 Å². The molecule has 4 aromatic carbocycles. The second-order valence-electron chi connectivity index (χ2n) is 9.37. The third-order valence-corrected chi connectivity index (χ3v) is 6.60. The number of rotatable bonds is 11. The predicted octanol–water partition coefficient (Wildman–Crippen LogP) is 5.57. The van der Waals surface area contributed by atoms with Gasteiger partial charge in [0.2, 0.25) is 5.91 Å². The van der Waals surface area contributed by atoms with Crippen molar-refractivity contribution in [3.8, 4) is 5.75 Å². The van der Waals surface area contributed by atoms with E-state index in [0.717, 1.165) is 16.7 Å². The molecule has 0 radical (unpaired) electrons. The topological polar surface area (TPSA) is 68.2 Å². The molecule has 1 unspecified atom stereocenters. The second kappa shape index (κ2) is 12.7. The highest BCUT2D eigenvalue weighted by atomic mass is 16.5. The Morgan fingerprint density at radius 2 is 1.36 bits per heavy atom. The van der Waals surface area contributed by atoms with Crippen LogP contribution < -0.4 is 4.74 Å². The summed E-state index contributed by atoms with van der Waals surface area (Å²) in [6.07, 6.45) is 2.43. The van der Waals surface area contributed by atoms with Crippen LogP contribution in [0, 0.1) is 0 Å². The van der Waals surface area contributed by atoms with Crippen LogP contribution in [0.3, 0.4) is 0 Å². The van der Waals surface area contributed by atoms with Crippen LogP contribution in [0.5, 0.6) is 5.75 Å². The van der Waals surface area contributed by atoms with Gasteiger partial charge in [0.25, 0.3) is 0 Å². The van der Waals surface area contributed by atoms with E-state index in [9.17, 15) is 9.59 Å². The maximum absolute atomic E-state index is 13.3. The van der Waals surface area contributed by atoms with Crippen molar-refractivity contribution in [3.05, 3.63) is 138 Å². The molecule has 1 heterocycles. The third kappa shape index (κ3) is 6.79. The average molecular weight is 519 g/mol. The van der Waals surface area contributed by atoms with Crippen LogP contribution in [0.15, 0.2) is 120 Å². The smallest absolute Gasteiger partial charge is 0.333 e. The molecule has 1 aliphatic heterocycles. The number of ether oxygens (including phenoxy) is 2. The summed E-state index contributed by atoms with van der Waals surface area (Å²) >= 11 is 0. The summed E-state index contributed by atoms with van der Waals surface area (Å²) < 4.78 is 11.6. The van der Waals surface area contributed by atoms with Crippen LogP contribution in [0.25, 0.3) is 0 Å². The SMILES string of the molecule is O=C(OCc1ccccc1)C(c1ccc(OCc2ccccc2)cc1)N1C[C@@H](N=CCc2ccccc2)C1=O. The van der Waals surface area contributed by atoms with Crippen molar-refractivity contribution in [3.63, 3.8) is 0 Å². The maximum Gasteiger partial charge on any atom is 0.333 e. The van der Waals surface area contributed by atoms with E-state index < -0.39 is 18.1 Å². The molecular weight excluding hydrogens is 488 g/mol. The summed E-state index contributed by atoms with van der Waals surface area (Å²) in [7, 11) is 0. The largest absolute Gasteiger partial charge is 0.489 e. The van der Waals surface area contributed by atoms with Crippen molar-refractivity contribution in [1.82, 2.24) is 4.90 Å². The van der Waals surface area contributed by atoms with E-state index >= 15 is 0 Å². The monoisotopic (exact) mass is 518 g/mol. The van der Waals surface area contributed by atoms with E-state index in [-0.39, 0.29) is 12.5 Å². The van der Waals surface area contributed by atoms with Gasteiger partial charge < -0.3 is 14.4 Å². The van der Waals surface area contributed by atoms with E-state index in [1.807, 2.05) is 115 Å². The predicted molar refractivity (Wildman–Crippen MR) is 150 cm³/mol. The van der Waals surface area contributed by atoms with Gasteiger partial charge in [-0.25, -0.2) is 4.79 Å². The molecule has 6 heteroatoms. The van der Waals surface area contributed by atoms with Gasteiger partial charge in [0, 0.05) is 12.6 Å². The molecule has 1 fully saturated rings. The first kappa shape index (κ1) is 25.9. The molecule has 0 aliphatic carbocycles. The van der Waals surface area contributed by atoms with Crippen molar-refractivity contribution < 1.29 is 19.1 Å². The number of hydrogen-bond acceptors (Lipinski definition) is 5. The zero-order valence-corrected chi connectivity index (χ0v) is 21.6. The van der Waals surface area contributed by atoms with Gasteiger partial charge in [-0.1, -0.05) is 103 Å². The molecular formula is C33H30N2O4. The van der Waals surface area contributed by atoms with Crippen LogP contribution in [0.2, 0.25) is 0 Å². The lowest BCUT2D eigenvalue weighted by Crippen LogP contribution is -2.58. The van der Waals surface area contributed by atoms with Crippen molar-refractivity contribution in [1.29, 1.82) is 0 Å². The first-order valence-corrected chi connectivity index (χ1v) is 13.0. The van der Waals surface area contributed by atoms with E-state index in [2.05, 4.69) is 4.99 Å². The Labute approximate surface area is 228 Å². The molecule has 0 N–H and O–H groups in total. The molecule has 2 atom stereocenters. The lowest BCUT2D eigenvalue weighted by Gasteiger charge is -2.40. The summed E-state index contributed by atoms with van der Waals surface area (Å²) in [5.74, 6) is 0.0135. The fourth-order valence-electron chi connectivity index (χ4n) is 4.41. The van der Waals surface area contributed by atoms with Crippen molar-refractivity contribution in [2.24, 2.45) is 4.99 Å². The lowest BCUT2D eigenvalue weighted by molar-refractivity contribution is -0.163. The summed E-state index contributed by atoms with van der Waals surface area (Å²) in [4.78, 5) is 32.4. The highest BCUT2D eigenvalue weighted by Gasteiger charge is 2.44. The molecule has 4 aromatic rings. The van der Waals surface area contributed by atoms with E-state index in [1.54, 1.807) is 6.21 Å². The van der Waals surface area contributed by atoms with E-state index in [4.69, 9.17) is 9.47 Å². The molecule has 1 aliphatic rings. The van der Waals surface area contributed by atoms with Gasteiger partial charge in [0.15, 0.2) is 6.04 Å². The number of carbonyl (C=O) groups is 2. The zero-order valence-electron chi connectivity index (χ0n) is 21.6. The van der Waals surface area contributed by atoms with Gasteiger partial charge in [-0.05, 0) is 34.4 Å².